The average Bonchev–Trinajstić information content (AvgIpc) is 2.68. The normalized spacial score (nSPS) is 20.3. The van der Waals surface area contributed by atoms with E-state index in [0.29, 0.717) is 23.4 Å². The lowest BCUT2D eigenvalue weighted by molar-refractivity contribution is -0.384. The first-order chi connectivity index (χ1) is 13.5. The third kappa shape index (κ3) is 4.48. The lowest BCUT2D eigenvalue weighted by atomic mass is 9.94. The van der Waals surface area contributed by atoms with Crippen molar-refractivity contribution in [1.29, 1.82) is 0 Å². The summed E-state index contributed by atoms with van der Waals surface area (Å²) in [5, 5.41) is 16.4. The summed E-state index contributed by atoms with van der Waals surface area (Å²) in [5.74, 6) is -0.509. The molecule has 3 rings (SSSR count). The molecular weight excluding hydrogens is 364 g/mol. The summed E-state index contributed by atoms with van der Waals surface area (Å²) >= 11 is 0. The Labute approximate surface area is 162 Å². The molecule has 9 nitrogen and oxygen atoms in total. The number of urea groups is 1. The minimum Gasteiger partial charge on any atom is -0.463 e. The number of amides is 2. The molecule has 1 saturated heterocycles. The quantitative estimate of drug-likeness (QED) is 0.439. The standard InChI is InChI=1S/C19H24N4O5/c1-2-28-18(24)16-15(12-22-10-4-3-5-11-22)20-19(25)21-17(16)13-6-8-14(9-7-13)23(26)27/h6-9,17H,2-5,10-12H2,1H3,(H2,20,21,25)/t17-/m1/s1. The zero-order valence-corrected chi connectivity index (χ0v) is 15.8. The van der Waals surface area contributed by atoms with E-state index in [4.69, 9.17) is 4.74 Å². The molecule has 2 aliphatic heterocycles. The van der Waals surface area contributed by atoms with Crippen LogP contribution < -0.4 is 10.6 Å². The van der Waals surface area contributed by atoms with Crippen molar-refractivity contribution in [1.82, 2.24) is 15.5 Å². The number of likely N-dealkylation sites (tertiary alicyclic amines) is 1. The highest BCUT2D eigenvalue weighted by molar-refractivity contribution is 5.95. The molecule has 28 heavy (non-hydrogen) atoms. The van der Waals surface area contributed by atoms with Crippen LogP contribution in [0.1, 0.15) is 37.8 Å². The van der Waals surface area contributed by atoms with E-state index in [-0.39, 0.29) is 12.3 Å². The van der Waals surface area contributed by atoms with Crippen molar-refractivity contribution in [2.75, 3.05) is 26.2 Å². The molecule has 2 heterocycles. The van der Waals surface area contributed by atoms with Gasteiger partial charge in [0.05, 0.1) is 23.1 Å². The van der Waals surface area contributed by atoms with Crippen LogP contribution in [0.3, 0.4) is 0 Å². The topological polar surface area (TPSA) is 114 Å². The van der Waals surface area contributed by atoms with Gasteiger partial charge in [-0.05, 0) is 50.6 Å². The third-order valence-electron chi connectivity index (χ3n) is 4.92. The number of hydrogen-bond donors (Lipinski definition) is 2. The predicted octanol–water partition coefficient (Wildman–Crippen LogP) is 2.25. The molecule has 0 unspecified atom stereocenters. The fourth-order valence-electron chi connectivity index (χ4n) is 3.57. The summed E-state index contributed by atoms with van der Waals surface area (Å²) in [5.41, 5.74) is 1.38. The monoisotopic (exact) mass is 388 g/mol. The number of carbonyl (C=O) groups is 2. The number of nitro groups is 1. The highest BCUT2D eigenvalue weighted by Gasteiger charge is 2.34. The van der Waals surface area contributed by atoms with Crippen molar-refractivity contribution >= 4 is 17.7 Å². The van der Waals surface area contributed by atoms with Gasteiger partial charge in [0.25, 0.3) is 5.69 Å². The smallest absolute Gasteiger partial charge is 0.338 e. The van der Waals surface area contributed by atoms with Crippen molar-refractivity contribution in [3.8, 4) is 0 Å². The van der Waals surface area contributed by atoms with Gasteiger partial charge in [0.2, 0.25) is 0 Å². The molecule has 150 valence electrons. The Hall–Kier alpha value is -2.94. The van der Waals surface area contributed by atoms with Crippen molar-refractivity contribution < 1.29 is 19.2 Å². The first-order valence-electron chi connectivity index (χ1n) is 9.44. The molecule has 1 aromatic carbocycles. The molecule has 2 aliphatic rings. The van der Waals surface area contributed by atoms with Gasteiger partial charge in [-0.15, -0.1) is 0 Å². The molecule has 1 aromatic rings. The largest absolute Gasteiger partial charge is 0.463 e. The van der Waals surface area contributed by atoms with Gasteiger partial charge < -0.3 is 15.4 Å². The van der Waals surface area contributed by atoms with Crippen LogP contribution in [0.4, 0.5) is 10.5 Å². The minimum atomic E-state index is -0.728. The van der Waals surface area contributed by atoms with Gasteiger partial charge in [-0.25, -0.2) is 9.59 Å². The van der Waals surface area contributed by atoms with Crippen molar-refractivity contribution in [2.24, 2.45) is 0 Å². The van der Waals surface area contributed by atoms with Crippen LogP contribution in [-0.2, 0) is 9.53 Å². The van der Waals surface area contributed by atoms with Crippen LogP contribution in [-0.4, -0.2) is 48.1 Å². The number of hydrogen-bond acceptors (Lipinski definition) is 6. The highest BCUT2D eigenvalue weighted by Crippen LogP contribution is 2.29. The first-order valence-corrected chi connectivity index (χ1v) is 9.44. The minimum absolute atomic E-state index is 0.0563. The Bertz CT molecular complexity index is 784. The van der Waals surface area contributed by atoms with Gasteiger partial charge in [-0.2, -0.15) is 0 Å². The van der Waals surface area contributed by atoms with Gasteiger partial charge in [0.1, 0.15) is 0 Å². The number of non-ortho nitro benzene ring substituents is 1. The van der Waals surface area contributed by atoms with E-state index in [1.807, 2.05) is 0 Å². The number of nitrogens with zero attached hydrogens (tertiary/aromatic N) is 2. The number of esters is 1. The predicted molar refractivity (Wildman–Crippen MR) is 101 cm³/mol. The van der Waals surface area contributed by atoms with Gasteiger partial charge >= 0.3 is 12.0 Å². The van der Waals surface area contributed by atoms with E-state index in [2.05, 4.69) is 15.5 Å². The molecule has 0 spiro atoms. The van der Waals surface area contributed by atoms with Crippen molar-refractivity contribution in [2.45, 2.75) is 32.2 Å². The van der Waals surface area contributed by atoms with Crippen molar-refractivity contribution in [3.05, 3.63) is 51.2 Å². The fourth-order valence-corrected chi connectivity index (χ4v) is 3.57. The van der Waals surface area contributed by atoms with Crippen LogP contribution >= 0.6 is 0 Å². The van der Waals surface area contributed by atoms with Crippen LogP contribution in [0, 0.1) is 10.1 Å². The lowest BCUT2D eigenvalue weighted by Crippen LogP contribution is -2.49. The maximum Gasteiger partial charge on any atom is 0.338 e. The van der Waals surface area contributed by atoms with Gasteiger partial charge in [-0.1, -0.05) is 6.42 Å². The third-order valence-corrected chi connectivity index (χ3v) is 4.92. The number of benzene rings is 1. The van der Waals surface area contributed by atoms with Crippen LogP contribution in [0.5, 0.6) is 0 Å². The summed E-state index contributed by atoms with van der Waals surface area (Å²) in [7, 11) is 0. The van der Waals surface area contributed by atoms with Crippen LogP contribution in [0.2, 0.25) is 0 Å². The number of rotatable bonds is 6. The first kappa shape index (κ1) is 19.8. The Kier molecular flexibility index (Phi) is 6.25. The summed E-state index contributed by atoms with van der Waals surface area (Å²) in [6.07, 6.45) is 3.35. The molecule has 2 N–H and O–H groups in total. The molecule has 2 amide bonds. The van der Waals surface area contributed by atoms with E-state index in [1.54, 1.807) is 19.1 Å². The van der Waals surface area contributed by atoms with E-state index < -0.39 is 23.0 Å². The van der Waals surface area contributed by atoms with Gasteiger partial charge in [0.15, 0.2) is 0 Å². The molecule has 0 aromatic heterocycles. The highest BCUT2D eigenvalue weighted by atomic mass is 16.6. The molecule has 1 fully saturated rings. The SMILES string of the molecule is CCOC(=O)C1=C(CN2CCCCC2)NC(=O)N[C@@H]1c1ccc([N+](=O)[O-])cc1. The Morgan fingerprint density at radius 1 is 1.25 bits per heavy atom. The second-order valence-electron chi connectivity index (χ2n) is 6.83. The summed E-state index contributed by atoms with van der Waals surface area (Å²) in [4.78, 5) is 37.6. The zero-order chi connectivity index (χ0) is 20.1. The molecule has 9 heteroatoms. The average molecular weight is 388 g/mol. The Morgan fingerprint density at radius 2 is 1.93 bits per heavy atom. The molecule has 0 saturated carbocycles. The number of piperidine rings is 1. The maximum atomic E-state index is 12.7. The Morgan fingerprint density at radius 3 is 2.54 bits per heavy atom. The number of nitrogens with one attached hydrogen (secondary N) is 2. The van der Waals surface area contributed by atoms with Gasteiger partial charge in [-0.3, -0.25) is 15.0 Å². The summed E-state index contributed by atoms with van der Waals surface area (Å²) in [6.45, 7) is 4.19. The maximum absolute atomic E-state index is 12.7. The molecule has 0 aliphatic carbocycles. The number of ether oxygens (including phenoxy) is 1. The second kappa shape index (κ2) is 8.83. The van der Waals surface area contributed by atoms with Crippen molar-refractivity contribution in [3.63, 3.8) is 0 Å². The van der Waals surface area contributed by atoms with Crippen LogP contribution in [0.15, 0.2) is 35.5 Å². The number of nitro benzene ring substituents is 1. The van der Waals surface area contributed by atoms with Gasteiger partial charge in [0, 0.05) is 24.4 Å². The van der Waals surface area contributed by atoms with E-state index >= 15 is 0 Å². The molecular formula is C19H24N4O5. The van der Waals surface area contributed by atoms with Crippen LogP contribution in [0.25, 0.3) is 0 Å². The Balaban J connectivity index is 1.97. The molecule has 1 atom stereocenters. The fraction of sp³-hybridized carbons (Fsp3) is 0.474. The zero-order valence-electron chi connectivity index (χ0n) is 15.8. The number of carbonyl (C=O) groups excluding carboxylic acids is 2. The summed E-state index contributed by atoms with van der Waals surface area (Å²) < 4.78 is 5.23. The second-order valence-corrected chi connectivity index (χ2v) is 6.83. The molecule has 0 radical (unpaired) electrons. The summed E-state index contributed by atoms with van der Waals surface area (Å²) in [6, 6.07) is 4.67. The van der Waals surface area contributed by atoms with E-state index in [0.717, 1.165) is 25.9 Å². The van der Waals surface area contributed by atoms with E-state index in [1.165, 1.54) is 18.6 Å². The lowest BCUT2D eigenvalue weighted by Gasteiger charge is -2.33. The molecule has 0 bridgehead atoms. The van der Waals surface area contributed by atoms with E-state index in [9.17, 15) is 19.7 Å².